The minimum Gasteiger partial charge on any atom is -0.497 e. The fourth-order valence-electron chi connectivity index (χ4n) is 3.06. The number of nitrogens with one attached hydrogen (secondary N) is 1. The number of fused-ring (bicyclic) bond motifs is 1. The van der Waals surface area contributed by atoms with Gasteiger partial charge in [0.15, 0.2) is 9.84 Å². The molecule has 1 N–H and O–H groups in total. The molecule has 1 aliphatic carbocycles. The third-order valence-corrected chi connectivity index (χ3v) is 6.42. The van der Waals surface area contributed by atoms with Gasteiger partial charge >= 0.3 is 0 Å². The van der Waals surface area contributed by atoms with Crippen molar-refractivity contribution in [1.82, 2.24) is 5.32 Å². The van der Waals surface area contributed by atoms with Gasteiger partial charge in [-0.3, -0.25) is 0 Å². The van der Waals surface area contributed by atoms with Crippen LogP contribution >= 0.6 is 0 Å². The topological polar surface area (TPSA) is 55.4 Å². The molecular weight excluding hydrogens is 274 g/mol. The number of hydrogen-bond donors (Lipinski definition) is 1. The molecule has 4 nitrogen and oxygen atoms in total. The number of aryl methyl sites for hydroxylation is 1. The Morgan fingerprint density at radius 2 is 2.15 bits per heavy atom. The Bertz CT molecular complexity index is 568. The van der Waals surface area contributed by atoms with E-state index in [0.717, 1.165) is 17.7 Å². The highest BCUT2D eigenvalue weighted by Gasteiger charge is 2.36. The molecule has 0 bridgehead atoms. The molecule has 1 aromatic rings. The van der Waals surface area contributed by atoms with Crippen LogP contribution in [-0.4, -0.2) is 33.6 Å². The molecular formula is C15H23NO3S. The van der Waals surface area contributed by atoms with E-state index < -0.39 is 9.84 Å². The van der Waals surface area contributed by atoms with Crippen LogP contribution in [-0.2, 0) is 16.3 Å². The van der Waals surface area contributed by atoms with Gasteiger partial charge in [0.2, 0.25) is 0 Å². The fourth-order valence-corrected chi connectivity index (χ4v) is 5.10. The maximum absolute atomic E-state index is 12.4. The minimum atomic E-state index is -3.05. The van der Waals surface area contributed by atoms with Gasteiger partial charge in [-0.05, 0) is 49.6 Å². The summed E-state index contributed by atoms with van der Waals surface area (Å²) in [5.74, 6) is 1.09. The molecule has 1 aliphatic rings. The quantitative estimate of drug-likeness (QED) is 0.904. The molecule has 1 aromatic carbocycles. The molecule has 0 saturated carbocycles. The summed E-state index contributed by atoms with van der Waals surface area (Å²) in [7, 11) is 0.432. The van der Waals surface area contributed by atoms with Crippen LogP contribution in [0.2, 0.25) is 0 Å². The molecule has 2 unspecified atom stereocenters. The second kappa shape index (κ2) is 6.14. The van der Waals surface area contributed by atoms with Crippen LogP contribution in [0.1, 0.15) is 36.9 Å². The normalized spacial score (nSPS) is 22.4. The molecule has 2 rings (SSSR count). The van der Waals surface area contributed by atoms with Crippen molar-refractivity contribution in [2.45, 2.75) is 37.5 Å². The first-order valence-electron chi connectivity index (χ1n) is 7.09. The van der Waals surface area contributed by atoms with E-state index in [4.69, 9.17) is 4.74 Å². The fraction of sp³-hybridized carbons (Fsp3) is 0.600. The van der Waals surface area contributed by atoms with Gasteiger partial charge < -0.3 is 10.1 Å². The van der Waals surface area contributed by atoms with E-state index in [1.807, 2.05) is 32.2 Å². The summed E-state index contributed by atoms with van der Waals surface area (Å²) in [5.41, 5.74) is 2.27. The second-order valence-corrected chi connectivity index (χ2v) is 7.61. The maximum atomic E-state index is 12.4. The lowest BCUT2D eigenvalue weighted by Gasteiger charge is -2.33. The van der Waals surface area contributed by atoms with E-state index in [-0.39, 0.29) is 17.0 Å². The molecule has 0 fully saturated rings. The van der Waals surface area contributed by atoms with Gasteiger partial charge in [-0.25, -0.2) is 8.42 Å². The van der Waals surface area contributed by atoms with Crippen molar-refractivity contribution in [3.05, 3.63) is 29.3 Å². The highest BCUT2D eigenvalue weighted by Crippen LogP contribution is 2.36. The van der Waals surface area contributed by atoms with Crippen molar-refractivity contribution in [2.24, 2.45) is 0 Å². The van der Waals surface area contributed by atoms with Crippen LogP contribution in [0.4, 0.5) is 0 Å². The highest BCUT2D eigenvalue weighted by atomic mass is 32.2. The summed E-state index contributed by atoms with van der Waals surface area (Å²) < 4.78 is 30.1. The smallest absolute Gasteiger partial charge is 0.155 e. The number of sulfone groups is 1. The average molecular weight is 297 g/mol. The van der Waals surface area contributed by atoms with E-state index >= 15 is 0 Å². The summed E-state index contributed by atoms with van der Waals surface area (Å²) in [5, 5.41) is 2.87. The van der Waals surface area contributed by atoms with Crippen molar-refractivity contribution in [3.8, 4) is 5.75 Å². The predicted molar refractivity (Wildman–Crippen MR) is 81.0 cm³/mol. The summed E-state index contributed by atoms with van der Waals surface area (Å²) in [6, 6.07) is 5.78. The number of benzene rings is 1. The summed E-state index contributed by atoms with van der Waals surface area (Å²) in [6.45, 7) is 1.91. The Hall–Kier alpha value is -1.07. The van der Waals surface area contributed by atoms with Crippen LogP contribution in [0, 0.1) is 0 Å². The molecule has 0 amide bonds. The van der Waals surface area contributed by atoms with Crippen molar-refractivity contribution in [3.63, 3.8) is 0 Å². The zero-order valence-electron chi connectivity index (χ0n) is 12.3. The van der Waals surface area contributed by atoms with Crippen LogP contribution < -0.4 is 10.1 Å². The molecule has 0 radical (unpaired) electrons. The number of rotatable bonds is 5. The Morgan fingerprint density at radius 3 is 2.75 bits per heavy atom. The van der Waals surface area contributed by atoms with Crippen molar-refractivity contribution in [1.29, 1.82) is 0 Å². The Balaban J connectivity index is 2.38. The minimum absolute atomic E-state index is 0.124. The van der Waals surface area contributed by atoms with E-state index in [2.05, 4.69) is 5.32 Å². The van der Waals surface area contributed by atoms with Gasteiger partial charge in [0.05, 0.1) is 18.1 Å². The SMILES string of the molecule is CCCS(=O)(=O)C1CCc2cc(OC)ccc2C1NC. The van der Waals surface area contributed by atoms with Crippen LogP contribution in [0.3, 0.4) is 0 Å². The zero-order chi connectivity index (χ0) is 14.8. The monoisotopic (exact) mass is 297 g/mol. The lowest BCUT2D eigenvalue weighted by Crippen LogP contribution is -2.40. The summed E-state index contributed by atoms with van der Waals surface area (Å²) >= 11 is 0. The molecule has 5 heteroatoms. The van der Waals surface area contributed by atoms with E-state index in [9.17, 15) is 8.42 Å². The van der Waals surface area contributed by atoms with Gasteiger partial charge in [-0.15, -0.1) is 0 Å². The van der Waals surface area contributed by atoms with Crippen LogP contribution in [0.25, 0.3) is 0 Å². The van der Waals surface area contributed by atoms with Crippen molar-refractivity contribution < 1.29 is 13.2 Å². The molecule has 20 heavy (non-hydrogen) atoms. The van der Waals surface area contributed by atoms with E-state index in [1.54, 1.807) is 7.11 Å². The molecule has 0 aromatic heterocycles. The first kappa shape index (κ1) is 15.3. The largest absolute Gasteiger partial charge is 0.497 e. The summed E-state index contributed by atoms with van der Waals surface area (Å²) in [4.78, 5) is 0. The molecule has 0 saturated heterocycles. The predicted octanol–water partition coefficient (Wildman–Crippen LogP) is 2.10. The lowest BCUT2D eigenvalue weighted by atomic mass is 9.87. The van der Waals surface area contributed by atoms with Crippen LogP contribution in [0.15, 0.2) is 18.2 Å². The molecule has 2 atom stereocenters. The van der Waals surface area contributed by atoms with Crippen LogP contribution in [0.5, 0.6) is 5.75 Å². The first-order valence-corrected chi connectivity index (χ1v) is 8.80. The van der Waals surface area contributed by atoms with Gasteiger partial charge in [-0.2, -0.15) is 0 Å². The Kier molecular flexibility index (Phi) is 4.70. The Morgan fingerprint density at radius 1 is 1.40 bits per heavy atom. The molecule has 0 spiro atoms. The van der Waals surface area contributed by atoms with Gasteiger partial charge in [0.25, 0.3) is 0 Å². The maximum Gasteiger partial charge on any atom is 0.155 e. The van der Waals surface area contributed by atoms with Crippen molar-refractivity contribution >= 4 is 9.84 Å². The van der Waals surface area contributed by atoms with Gasteiger partial charge in [-0.1, -0.05) is 13.0 Å². The standard InChI is InChI=1S/C15H23NO3S/c1-4-9-20(17,18)14-8-5-11-10-12(19-3)6-7-13(11)15(14)16-2/h6-7,10,14-16H,4-5,8-9H2,1-3H3. The van der Waals surface area contributed by atoms with Gasteiger partial charge in [0, 0.05) is 6.04 Å². The Labute approximate surface area is 121 Å². The van der Waals surface area contributed by atoms with Crippen molar-refractivity contribution in [2.75, 3.05) is 19.9 Å². The number of hydrogen-bond acceptors (Lipinski definition) is 4. The second-order valence-electron chi connectivity index (χ2n) is 5.28. The first-order chi connectivity index (χ1) is 9.53. The highest BCUT2D eigenvalue weighted by molar-refractivity contribution is 7.92. The molecule has 0 heterocycles. The van der Waals surface area contributed by atoms with Gasteiger partial charge in [0.1, 0.15) is 5.75 Å². The average Bonchev–Trinajstić information content (AvgIpc) is 2.45. The zero-order valence-corrected chi connectivity index (χ0v) is 13.2. The summed E-state index contributed by atoms with van der Waals surface area (Å²) in [6.07, 6.45) is 2.14. The number of ether oxygens (including phenoxy) is 1. The number of methoxy groups -OCH3 is 1. The third kappa shape index (κ3) is 2.83. The third-order valence-electron chi connectivity index (χ3n) is 4.02. The lowest BCUT2D eigenvalue weighted by molar-refractivity contribution is 0.411. The van der Waals surface area contributed by atoms with E-state index in [0.29, 0.717) is 12.8 Å². The van der Waals surface area contributed by atoms with E-state index in [1.165, 1.54) is 5.56 Å². The molecule has 112 valence electrons. The molecule has 0 aliphatic heterocycles.